The van der Waals surface area contributed by atoms with E-state index in [0.717, 1.165) is 5.56 Å². The molecule has 2 fully saturated rings. The topological polar surface area (TPSA) is 41.4 Å². The second-order valence-electron chi connectivity index (χ2n) is 7.46. The summed E-state index contributed by atoms with van der Waals surface area (Å²) in [5.41, 5.74) is 3.49. The van der Waals surface area contributed by atoms with Crippen LogP contribution in [0.25, 0.3) is 0 Å². The summed E-state index contributed by atoms with van der Waals surface area (Å²) < 4.78 is 15.6. The van der Waals surface area contributed by atoms with E-state index in [4.69, 9.17) is 12.2 Å². The molecular weight excluding hydrogens is 419 g/mol. The van der Waals surface area contributed by atoms with Crippen LogP contribution in [0.4, 0.5) is 10.1 Å². The van der Waals surface area contributed by atoms with Crippen molar-refractivity contribution in [2.75, 3.05) is 10.7 Å². The van der Waals surface area contributed by atoms with Crippen molar-refractivity contribution in [3.63, 3.8) is 0 Å². The predicted octanol–water partition coefficient (Wildman–Crippen LogP) is 4.13. The lowest BCUT2D eigenvalue weighted by molar-refractivity contribution is -0.119. The SMILES string of the molecule is Cc1ccc([C@@H]2SC[C@H]3C(=O)N(c4cnn(Cc5ccccc5F)c4)C(=S)N32)cc1. The number of benzene rings is 2. The molecule has 3 heterocycles. The van der Waals surface area contributed by atoms with Gasteiger partial charge in [0.2, 0.25) is 0 Å². The number of hydrogen-bond donors (Lipinski definition) is 0. The Labute approximate surface area is 183 Å². The van der Waals surface area contributed by atoms with Gasteiger partial charge < -0.3 is 4.90 Å². The van der Waals surface area contributed by atoms with Gasteiger partial charge in [-0.05, 0) is 30.8 Å². The summed E-state index contributed by atoms with van der Waals surface area (Å²) in [5.74, 6) is 0.380. The van der Waals surface area contributed by atoms with Crippen LogP contribution in [0.3, 0.4) is 0 Å². The number of thiocarbonyl (C=S) groups is 1. The minimum Gasteiger partial charge on any atom is -0.319 e. The van der Waals surface area contributed by atoms with E-state index in [2.05, 4.69) is 36.3 Å². The van der Waals surface area contributed by atoms with E-state index in [1.165, 1.54) is 11.6 Å². The molecule has 0 aliphatic carbocycles. The molecule has 0 spiro atoms. The predicted molar refractivity (Wildman–Crippen MR) is 120 cm³/mol. The molecule has 1 aromatic heterocycles. The average Bonchev–Trinajstić information content (AvgIpc) is 3.42. The van der Waals surface area contributed by atoms with Gasteiger partial charge in [0.1, 0.15) is 17.2 Å². The van der Waals surface area contributed by atoms with Gasteiger partial charge in [-0.15, -0.1) is 11.8 Å². The molecule has 2 aliphatic rings. The number of amides is 1. The number of hydrogen-bond acceptors (Lipinski definition) is 4. The summed E-state index contributed by atoms with van der Waals surface area (Å²) in [6.07, 6.45) is 3.36. The van der Waals surface area contributed by atoms with Gasteiger partial charge >= 0.3 is 0 Å². The molecule has 3 aromatic rings. The third-order valence-electron chi connectivity index (χ3n) is 5.45. The summed E-state index contributed by atoms with van der Waals surface area (Å²) in [4.78, 5) is 16.7. The first-order valence-electron chi connectivity index (χ1n) is 9.63. The summed E-state index contributed by atoms with van der Waals surface area (Å²) in [5, 5.41) is 4.83. The van der Waals surface area contributed by atoms with E-state index >= 15 is 0 Å². The Bertz CT molecular complexity index is 1130. The third kappa shape index (κ3) is 3.20. The fraction of sp³-hybridized carbons (Fsp3) is 0.227. The van der Waals surface area contributed by atoms with Gasteiger partial charge in [0, 0.05) is 17.5 Å². The molecule has 0 saturated carbocycles. The molecule has 0 bridgehead atoms. The Kier molecular flexibility index (Phi) is 4.83. The lowest BCUT2D eigenvalue weighted by Crippen LogP contribution is -2.33. The zero-order chi connectivity index (χ0) is 20.8. The highest BCUT2D eigenvalue weighted by molar-refractivity contribution is 7.99. The fourth-order valence-electron chi connectivity index (χ4n) is 3.87. The van der Waals surface area contributed by atoms with Crippen LogP contribution in [0.5, 0.6) is 0 Å². The van der Waals surface area contributed by atoms with E-state index in [9.17, 15) is 9.18 Å². The number of aromatic nitrogens is 2. The van der Waals surface area contributed by atoms with Crippen LogP contribution in [-0.2, 0) is 11.3 Å². The standard InChI is InChI=1S/C22H19FN4OS2/c1-14-6-8-15(9-7-14)21-27-19(13-30-21)20(28)26(22(27)29)17-10-24-25(12-17)11-16-4-2-3-5-18(16)23/h2-10,12,19,21H,11,13H2,1H3/t19-,21-/m0/s1. The maximum Gasteiger partial charge on any atom is 0.257 e. The van der Waals surface area contributed by atoms with Crippen molar-refractivity contribution >= 4 is 40.7 Å². The largest absolute Gasteiger partial charge is 0.319 e. The molecular formula is C22H19FN4OS2. The number of aryl methyl sites for hydroxylation is 1. The number of rotatable bonds is 4. The number of fused-ring (bicyclic) bond motifs is 1. The van der Waals surface area contributed by atoms with Gasteiger partial charge in [0.05, 0.1) is 18.4 Å². The molecule has 5 nitrogen and oxygen atoms in total. The molecule has 8 heteroatoms. The van der Waals surface area contributed by atoms with Gasteiger partial charge in [0.15, 0.2) is 5.11 Å². The van der Waals surface area contributed by atoms with Crippen LogP contribution in [0.2, 0.25) is 0 Å². The second kappa shape index (κ2) is 7.52. The van der Waals surface area contributed by atoms with Crippen LogP contribution in [0.15, 0.2) is 60.9 Å². The van der Waals surface area contributed by atoms with Crippen molar-refractivity contribution < 1.29 is 9.18 Å². The molecule has 2 aromatic carbocycles. The van der Waals surface area contributed by atoms with E-state index < -0.39 is 0 Å². The van der Waals surface area contributed by atoms with Crippen molar-refractivity contribution in [1.29, 1.82) is 0 Å². The van der Waals surface area contributed by atoms with Crippen molar-refractivity contribution in [2.24, 2.45) is 0 Å². The first-order valence-corrected chi connectivity index (χ1v) is 11.1. The second-order valence-corrected chi connectivity index (χ2v) is 8.94. The van der Waals surface area contributed by atoms with E-state index in [1.807, 2.05) is 4.90 Å². The average molecular weight is 439 g/mol. The molecule has 2 saturated heterocycles. The molecule has 1 amide bonds. The number of halogens is 1. The van der Waals surface area contributed by atoms with E-state index in [-0.39, 0.29) is 29.7 Å². The smallest absolute Gasteiger partial charge is 0.257 e. The first-order chi connectivity index (χ1) is 14.5. The van der Waals surface area contributed by atoms with E-state index in [1.54, 1.807) is 51.9 Å². The van der Waals surface area contributed by atoms with Gasteiger partial charge in [-0.2, -0.15) is 5.10 Å². The minimum absolute atomic E-state index is 0.0190. The highest BCUT2D eigenvalue weighted by Gasteiger charge is 2.51. The lowest BCUT2D eigenvalue weighted by Gasteiger charge is -2.25. The Morgan fingerprint density at radius 1 is 1.20 bits per heavy atom. The van der Waals surface area contributed by atoms with Crippen LogP contribution < -0.4 is 4.90 Å². The number of thioether (sulfide) groups is 1. The molecule has 2 atom stereocenters. The van der Waals surface area contributed by atoms with Crippen molar-refractivity contribution in [3.8, 4) is 0 Å². The Hall–Kier alpha value is -2.71. The minimum atomic E-state index is -0.277. The van der Waals surface area contributed by atoms with Crippen LogP contribution >= 0.6 is 24.0 Å². The van der Waals surface area contributed by atoms with Gasteiger partial charge in [0.25, 0.3) is 5.91 Å². The van der Waals surface area contributed by atoms with Gasteiger partial charge in [-0.3, -0.25) is 14.4 Å². The van der Waals surface area contributed by atoms with Crippen molar-refractivity contribution in [2.45, 2.75) is 24.9 Å². The summed E-state index contributed by atoms with van der Waals surface area (Å²) in [6, 6.07) is 14.7. The Balaban J connectivity index is 1.39. The number of carbonyl (C=O) groups excluding carboxylic acids is 1. The van der Waals surface area contributed by atoms with Crippen LogP contribution in [-0.4, -0.2) is 37.5 Å². The van der Waals surface area contributed by atoms with Crippen LogP contribution in [0, 0.1) is 12.7 Å². The van der Waals surface area contributed by atoms with Gasteiger partial charge in [-0.25, -0.2) is 4.39 Å². The maximum absolute atomic E-state index is 14.0. The normalized spacial score (nSPS) is 20.9. The van der Waals surface area contributed by atoms with Crippen molar-refractivity contribution in [1.82, 2.24) is 14.7 Å². The molecule has 0 unspecified atom stereocenters. The number of anilines is 1. The molecule has 0 N–H and O–H groups in total. The lowest BCUT2D eigenvalue weighted by atomic mass is 10.1. The zero-order valence-corrected chi connectivity index (χ0v) is 17.9. The highest BCUT2D eigenvalue weighted by atomic mass is 32.2. The molecule has 30 heavy (non-hydrogen) atoms. The first kappa shape index (κ1) is 19.3. The Morgan fingerprint density at radius 2 is 1.97 bits per heavy atom. The molecule has 5 rings (SSSR count). The number of carbonyl (C=O) groups is 1. The van der Waals surface area contributed by atoms with E-state index in [0.29, 0.717) is 22.1 Å². The third-order valence-corrected chi connectivity index (χ3v) is 7.17. The monoisotopic (exact) mass is 438 g/mol. The summed E-state index contributed by atoms with van der Waals surface area (Å²) in [6.45, 7) is 2.34. The zero-order valence-electron chi connectivity index (χ0n) is 16.2. The fourth-order valence-corrected chi connectivity index (χ4v) is 5.79. The molecule has 0 radical (unpaired) electrons. The van der Waals surface area contributed by atoms with Gasteiger partial charge in [-0.1, -0.05) is 48.0 Å². The Morgan fingerprint density at radius 3 is 2.73 bits per heavy atom. The summed E-state index contributed by atoms with van der Waals surface area (Å²) >= 11 is 7.46. The van der Waals surface area contributed by atoms with Crippen molar-refractivity contribution in [3.05, 3.63) is 83.4 Å². The quantitative estimate of drug-likeness (QED) is 0.573. The number of nitrogens with zero attached hydrogens (tertiary/aromatic N) is 4. The molecule has 2 aliphatic heterocycles. The van der Waals surface area contributed by atoms with Crippen LogP contribution in [0.1, 0.15) is 22.1 Å². The summed E-state index contributed by atoms with van der Waals surface area (Å²) in [7, 11) is 0. The molecule has 152 valence electrons. The highest BCUT2D eigenvalue weighted by Crippen LogP contribution is 2.46. The maximum atomic E-state index is 14.0.